The van der Waals surface area contributed by atoms with Gasteiger partial charge in [0.15, 0.2) is 0 Å². The van der Waals surface area contributed by atoms with Gasteiger partial charge in [-0.05, 0) is 21.0 Å². The third-order valence-corrected chi connectivity index (χ3v) is 3.15. The summed E-state index contributed by atoms with van der Waals surface area (Å²) in [6, 6.07) is 1.79. The van der Waals surface area contributed by atoms with Crippen molar-refractivity contribution in [3.05, 3.63) is 12.3 Å². The van der Waals surface area contributed by atoms with Crippen molar-refractivity contribution >= 4 is 5.95 Å². The molecule has 1 aliphatic heterocycles. The molecular formula is C14H24N4O2. The Morgan fingerprint density at radius 1 is 1.50 bits per heavy atom. The van der Waals surface area contributed by atoms with Crippen molar-refractivity contribution in [2.24, 2.45) is 5.92 Å². The van der Waals surface area contributed by atoms with Crippen molar-refractivity contribution in [2.75, 3.05) is 58.5 Å². The molecule has 1 aromatic heterocycles. The first kappa shape index (κ1) is 15.0. The number of ether oxygens (including phenoxy) is 2. The molecule has 0 amide bonds. The highest BCUT2D eigenvalue weighted by molar-refractivity contribution is 5.32. The minimum absolute atomic E-state index is 0.465. The summed E-state index contributed by atoms with van der Waals surface area (Å²) in [6.07, 6.45) is 1.75. The van der Waals surface area contributed by atoms with Crippen molar-refractivity contribution in [3.8, 4) is 5.88 Å². The minimum Gasteiger partial charge on any atom is -0.478 e. The Hall–Kier alpha value is -1.40. The Kier molecular flexibility index (Phi) is 5.55. The van der Waals surface area contributed by atoms with Crippen molar-refractivity contribution < 1.29 is 9.47 Å². The molecule has 0 aliphatic carbocycles. The van der Waals surface area contributed by atoms with Gasteiger partial charge in [-0.2, -0.15) is 4.98 Å². The quantitative estimate of drug-likeness (QED) is 0.798. The molecule has 0 radical (unpaired) electrons. The van der Waals surface area contributed by atoms with Crippen LogP contribution in [0.5, 0.6) is 5.88 Å². The Bertz CT molecular complexity index is 414. The number of rotatable bonds is 5. The SMILES string of the molecule is CCOc1ccnc(N2CCOC[C@H](CN(C)C)C2)n1. The van der Waals surface area contributed by atoms with Gasteiger partial charge in [-0.1, -0.05) is 0 Å². The number of hydrogen-bond acceptors (Lipinski definition) is 6. The Morgan fingerprint density at radius 2 is 2.35 bits per heavy atom. The fourth-order valence-corrected chi connectivity index (χ4v) is 2.40. The van der Waals surface area contributed by atoms with E-state index in [2.05, 4.69) is 33.9 Å². The lowest BCUT2D eigenvalue weighted by molar-refractivity contribution is 0.113. The molecule has 6 nitrogen and oxygen atoms in total. The molecule has 1 aliphatic rings. The van der Waals surface area contributed by atoms with Crippen LogP contribution in [0.4, 0.5) is 5.95 Å². The highest BCUT2D eigenvalue weighted by Gasteiger charge is 2.21. The van der Waals surface area contributed by atoms with E-state index in [1.807, 2.05) is 6.92 Å². The molecule has 1 saturated heterocycles. The van der Waals surface area contributed by atoms with Crippen LogP contribution in [0, 0.1) is 5.92 Å². The summed E-state index contributed by atoms with van der Waals surface area (Å²) in [5, 5.41) is 0. The zero-order valence-electron chi connectivity index (χ0n) is 12.6. The van der Waals surface area contributed by atoms with Crippen LogP contribution in [-0.2, 0) is 4.74 Å². The second-order valence-corrected chi connectivity index (χ2v) is 5.28. The van der Waals surface area contributed by atoms with Crippen LogP contribution in [0.25, 0.3) is 0 Å². The summed E-state index contributed by atoms with van der Waals surface area (Å²) in [5.41, 5.74) is 0. The second-order valence-electron chi connectivity index (χ2n) is 5.28. The fourth-order valence-electron chi connectivity index (χ4n) is 2.40. The van der Waals surface area contributed by atoms with Crippen LogP contribution >= 0.6 is 0 Å². The van der Waals surface area contributed by atoms with Crippen LogP contribution in [0.2, 0.25) is 0 Å². The molecule has 1 aromatic rings. The van der Waals surface area contributed by atoms with Crippen LogP contribution in [0.15, 0.2) is 12.3 Å². The largest absolute Gasteiger partial charge is 0.478 e. The van der Waals surface area contributed by atoms with E-state index in [9.17, 15) is 0 Å². The van der Waals surface area contributed by atoms with Gasteiger partial charge >= 0.3 is 0 Å². The van der Waals surface area contributed by atoms with Gasteiger partial charge in [0.2, 0.25) is 11.8 Å². The molecule has 112 valence electrons. The van der Waals surface area contributed by atoms with E-state index in [0.717, 1.165) is 32.2 Å². The Morgan fingerprint density at radius 3 is 3.10 bits per heavy atom. The van der Waals surface area contributed by atoms with E-state index in [1.54, 1.807) is 12.3 Å². The summed E-state index contributed by atoms with van der Waals surface area (Å²) in [4.78, 5) is 13.2. The lowest BCUT2D eigenvalue weighted by Gasteiger charge is -2.25. The van der Waals surface area contributed by atoms with Crippen molar-refractivity contribution in [1.29, 1.82) is 0 Å². The van der Waals surface area contributed by atoms with Gasteiger partial charge < -0.3 is 19.3 Å². The van der Waals surface area contributed by atoms with E-state index in [4.69, 9.17) is 9.47 Å². The highest BCUT2D eigenvalue weighted by Crippen LogP contribution is 2.16. The second kappa shape index (κ2) is 7.40. The monoisotopic (exact) mass is 280 g/mol. The molecule has 1 atom stereocenters. The van der Waals surface area contributed by atoms with E-state index in [0.29, 0.717) is 25.0 Å². The molecule has 1 fully saturated rings. The number of aromatic nitrogens is 2. The molecule has 6 heteroatoms. The number of anilines is 1. The molecule has 0 N–H and O–H groups in total. The third kappa shape index (κ3) is 4.31. The van der Waals surface area contributed by atoms with Gasteiger partial charge in [-0.25, -0.2) is 4.98 Å². The first-order valence-corrected chi connectivity index (χ1v) is 7.12. The molecule has 2 rings (SSSR count). The predicted octanol–water partition coefficient (Wildman–Crippen LogP) is 0.890. The topological polar surface area (TPSA) is 50.7 Å². The standard InChI is InChI=1S/C14H24N4O2/c1-4-20-13-5-6-15-14(16-13)18-7-8-19-11-12(10-18)9-17(2)3/h5-6,12H,4,7-11H2,1-3H3/t12-/m1/s1. The smallest absolute Gasteiger partial charge is 0.228 e. The molecular weight excluding hydrogens is 256 g/mol. The van der Waals surface area contributed by atoms with Crippen molar-refractivity contribution in [1.82, 2.24) is 14.9 Å². The summed E-state index contributed by atoms with van der Waals surface area (Å²) < 4.78 is 11.1. The third-order valence-electron chi connectivity index (χ3n) is 3.15. The van der Waals surface area contributed by atoms with Gasteiger partial charge in [-0.3, -0.25) is 0 Å². The molecule has 2 heterocycles. The molecule has 0 saturated carbocycles. The van der Waals surface area contributed by atoms with Crippen molar-refractivity contribution in [2.45, 2.75) is 6.92 Å². The van der Waals surface area contributed by atoms with Crippen LogP contribution in [-0.4, -0.2) is 68.4 Å². The maximum atomic E-state index is 5.68. The first-order valence-electron chi connectivity index (χ1n) is 7.12. The summed E-state index contributed by atoms with van der Waals surface area (Å²) in [6.45, 7) is 6.80. The zero-order chi connectivity index (χ0) is 14.4. The normalized spacial score (nSPS) is 20.0. The summed E-state index contributed by atoms with van der Waals surface area (Å²) in [7, 11) is 4.17. The lowest BCUT2D eigenvalue weighted by atomic mass is 10.1. The first-order chi connectivity index (χ1) is 9.69. The molecule has 0 bridgehead atoms. The van der Waals surface area contributed by atoms with Gasteiger partial charge in [0, 0.05) is 37.8 Å². The van der Waals surface area contributed by atoms with E-state index in [1.165, 1.54) is 0 Å². The number of hydrogen-bond donors (Lipinski definition) is 0. The van der Waals surface area contributed by atoms with Crippen LogP contribution < -0.4 is 9.64 Å². The molecule has 0 aromatic carbocycles. The van der Waals surface area contributed by atoms with Gasteiger partial charge in [0.05, 0.1) is 19.8 Å². The van der Waals surface area contributed by atoms with E-state index < -0.39 is 0 Å². The van der Waals surface area contributed by atoms with Crippen LogP contribution in [0.1, 0.15) is 6.92 Å². The van der Waals surface area contributed by atoms with E-state index in [-0.39, 0.29) is 0 Å². The van der Waals surface area contributed by atoms with Crippen LogP contribution in [0.3, 0.4) is 0 Å². The number of nitrogens with zero attached hydrogens (tertiary/aromatic N) is 4. The highest BCUT2D eigenvalue weighted by atomic mass is 16.5. The van der Waals surface area contributed by atoms with E-state index >= 15 is 0 Å². The maximum Gasteiger partial charge on any atom is 0.228 e. The maximum absolute atomic E-state index is 5.68. The molecule has 0 spiro atoms. The zero-order valence-corrected chi connectivity index (χ0v) is 12.6. The molecule has 0 unspecified atom stereocenters. The molecule has 20 heavy (non-hydrogen) atoms. The lowest BCUT2D eigenvalue weighted by Crippen LogP contribution is -2.35. The van der Waals surface area contributed by atoms with Gasteiger partial charge in [0.25, 0.3) is 0 Å². The average Bonchev–Trinajstić information content (AvgIpc) is 2.64. The fraction of sp³-hybridized carbons (Fsp3) is 0.714. The Labute approximate surface area is 120 Å². The Balaban J connectivity index is 2.07. The summed E-state index contributed by atoms with van der Waals surface area (Å²) in [5.74, 6) is 1.82. The van der Waals surface area contributed by atoms with Gasteiger partial charge in [-0.15, -0.1) is 0 Å². The summed E-state index contributed by atoms with van der Waals surface area (Å²) >= 11 is 0. The minimum atomic E-state index is 0.465. The predicted molar refractivity (Wildman–Crippen MR) is 78.3 cm³/mol. The van der Waals surface area contributed by atoms with Gasteiger partial charge in [0.1, 0.15) is 0 Å². The average molecular weight is 280 g/mol. The van der Waals surface area contributed by atoms with Crippen molar-refractivity contribution in [3.63, 3.8) is 0 Å².